The van der Waals surface area contributed by atoms with E-state index in [1.165, 1.54) is 19.3 Å². The second kappa shape index (κ2) is 5.45. The van der Waals surface area contributed by atoms with E-state index in [0.717, 1.165) is 37.9 Å². The van der Waals surface area contributed by atoms with Gasteiger partial charge in [-0.1, -0.05) is 6.92 Å². The second-order valence-electron chi connectivity index (χ2n) is 6.53. The van der Waals surface area contributed by atoms with Crippen molar-refractivity contribution in [1.82, 2.24) is 25.0 Å². The average Bonchev–Trinajstić information content (AvgIpc) is 3.21. The van der Waals surface area contributed by atoms with Crippen LogP contribution in [-0.4, -0.2) is 44.3 Å². The van der Waals surface area contributed by atoms with Gasteiger partial charge < -0.3 is 5.32 Å². The van der Waals surface area contributed by atoms with Crippen LogP contribution >= 0.6 is 0 Å². The lowest BCUT2D eigenvalue weighted by Gasteiger charge is -2.46. The molecule has 2 heterocycles. The topological polar surface area (TPSA) is 46.0 Å². The average molecular weight is 277 g/mol. The summed E-state index contributed by atoms with van der Waals surface area (Å²) in [6.45, 7) is 10.9. The van der Waals surface area contributed by atoms with Crippen molar-refractivity contribution in [3.63, 3.8) is 0 Å². The van der Waals surface area contributed by atoms with Crippen molar-refractivity contribution >= 4 is 0 Å². The number of nitrogens with one attached hydrogen (secondary N) is 1. The molecule has 1 aliphatic heterocycles. The number of aromatic nitrogens is 3. The zero-order chi connectivity index (χ0) is 14.2. The van der Waals surface area contributed by atoms with Gasteiger partial charge in [0.15, 0.2) is 0 Å². The van der Waals surface area contributed by atoms with Gasteiger partial charge in [0.25, 0.3) is 0 Å². The van der Waals surface area contributed by atoms with E-state index in [1.807, 2.05) is 4.68 Å². The number of hydrogen-bond donors (Lipinski definition) is 1. The molecule has 0 spiro atoms. The molecule has 5 nitrogen and oxygen atoms in total. The minimum atomic E-state index is 0.294. The third-order valence-electron chi connectivity index (χ3n) is 5.08. The van der Waals surface area contributed by atoms with Crippen molar-refractivity contribution in [1.29, 1.82) is 0 Å². The first-order chi connectivity index (χ1) is 9.66. The fraction of sp³-hybridized carbons (Fsp3) is 0.867. The maximum Gasteiger partial charge on any atom is 0.141 e. The van der Waals surface area contributed by atoms with Gasteiger partial charge in [-0.2, -0.15) is 5.10 Å². The molecule has 1 aliphatic carbocycles. The summed E-state index contributed by atoms with van der Waals surface area (Å²) in [6.07, 6.45) is 5.65. The Morgan fingerprint density at radius 2 is 2.20 bits per heavy atom. The van der Waals surface area contributed by atoms with Gasteiger partial charge >= 0.3 is 0 Å². The molecule has 5 heteroatoms. The molecular formula is C15H27N5. The molecule has 0 bridgehead atoms. The Kier molecular flexibility index (Phi) is 3.82. The summed E-state index contributed by atoms with van der Waals surface area (Å²) in [7, 11) is 0. The minimum absolute atomic E-state index is 0.294. The van der Waals surface area contributed by atoms with Crippen molar-refractivity contribution in [2.45, 2.75) is 64.7 Å². The SMILES string of the molecule is CCC1CNC(C)(C2CC2)CN1Cc1ncnn1CC. The summed E-state index contributed by atoms with van der Waals surface area (Å²) in [6, 6.07) is 0.615. The van der Waals surface area contributed by atoms with E-state index >= 15 is 0 Å². The molecule has 1 aromatic heterocycles. The van der Waals surface area contributed by atoms with Crippen molar-refractivity contribution < 1.29 is 0 Å². The molecule has 1 N–H and O–H groups in total. The van der Waals surface area contributed by atoms with Gasteiger partial charge in [0.2, 0.25) is 0 Å². The third kappa shape index (κ3) is 2.61. The predicted octanol–water partition coefficient (Wildman–Crippen LogP) is 1.65. The van der Waals surface area contributed by atoms with Gasteiger partial charge in [0, 0.05) is 31.2 Å². The molecule has 1 saturated carbocycles. The van der Waals surface area contributed by atoms with E-state index in [2.05, 4.69) is 41.1 Å². The van der Waals surface area contributed by atoms with Crippen LogP contribution in [0.4, 0.5) is 0 Å². The highest BCUT2D eigenvalue weighted by Gasteiger charge is 2.45. The number of rotatable bonds is 5. The van der Waals surface area contributed by atoms with Gasteiger partial charge in [-0.25, -0.2) is 9.67 Å². The van der Waals surface area contributed by atoms with Crippen LogP contribution in [0.1, 0.15) is 45.9 Å². The Hall–Kier alpha value is -0.940. The van der Waals surface area contributed by atoms with E-state index < -0.39 is 0 Å². The van der Waals surface area contributed by atoms with Crippen LogP contribution in [0, 0.1) is 5.92 Å². The van der Waals surface area contributed by atoms with Gasteiger partial charge in [0.05, 0.1) is 6.54 Å². The minimum Gasteiger partial charge on any atom is -0.308 e. The smallest absolute Gasteiger partial charge is 0.141 e. The Bertz CT molecular complexity index is 453. The summed E-state index contributed by atoms with van der Waals surface area (Å²) < 4.78 is 2.02. The lowest BCUT2D eigenvalue weighted by molar-refractivity contribution is 0.0633. The molecule has 2 aliphatic rings. The highest BCUT2D eigenvalue weighted by molar-refractivity contribution is 5.04. The van der Waals surface area contributed by atoms with Crippen molar-refractivity contribution in [2.75, 3.05) is 13.1 Å². The quantitative estimate of drug-likeness (QED) is 0.889. The Labute approximate surface area is 121 Å². The fourth-order valence-electron chi connectivity index (χ4n) is 3.52. The molecule has 2 atom stereocenters. The summed E-state index contributed by atoms with van der Waals surface area (Å²) in [4.78, 5) is 7.06. The first-order valence-corrected chi connectivity index (χ1v) is 8.02. The summed E-state index contributed by atoms with van der Waals surface area (Å²) in [5, 5.41) is 8.11. The molecule has 112 valence electrons. The van der Waals surface area contributed by atoms with E-state index in [1.54, 1.807) is 6.33 Å². The molecule has 1 aromatic rings. The molecule has 1 saturated heterocycles. The zero-order valence-corrected chi connectivity index (χ0v) is 13.0. The van der Waals surface area contributed by atoms with Crippen LogP contribution in [0.15, 0.2) is 6.33 Å². The van der Waals surface area contributed by atoms with Crippen LogP contribution in [0.2, 0.25) is 0 Å². The van der Waals surface area contributed by atoms with Gasteiger partial charge in [-0.3, -0.25) is 4.90 Å². The van der Waals surface area contributed by atoms with Crippen LogP contribution < -0.4 is 5.32 Å². The Morgan fingerprint density at radius 3 is 2.85 bits per heavy atom. The van der Waals surface area contributed by atoms with E-state index in [9.17, 15) is 0 Å². The normalized spacial score (nSPS) is 31.6. The van der Waals surface area contributed by atoms with Crippen molar-refractivity contribution in [3.8, 4) is 0 Å². The maximum atomic E-state index is 4.45. The molecule has 3 rings (SSSR count). The standard InChI is InChI=1S/C15H27N5/c1-4-13-8-17-15(3,12-6-7-12)10-19(13)9-14-16-11-18-20(14)5-2/h11-13,17H,4-10H2,1-3H3. The van der Waals surface area contributed by atoms with Crippen molar-refractivity contribution in [3.05, 3.63) is 12.2 Å². The number of nitrogens with zero attached hydrogens (tertiary/aromatic N) is 4. The van der Waals surface area contributed by atoms with Crippen LogP contribution in [0.25, 0.3) is 0 Å². The summed E-state index contributed by atoms with van der Waals surface area (Å²) in [5.74, 6) is 1.97. The fourth-order valence-corrected chi connectivity index (χ4v) is 3.52. The number of piperazine rings is 1. The zero-order valence-electron chi connectivity index (χ0n) is 13.0. The monoisotopic (exact) mass is 277 g/mol. The number of aryl methyl sites for hydroxylation is 1. The van der Waals surface area contributed by atoms with Gasteiger partial charge in [-0.15, -0.1) is 0 Å². The van der Waals surface area contributed by atoms with E-state index in [4.69, 9.17) is 0 Å². The number of hydrogen-bond acceptors (Lipinski definition) is 4. The predicted molar refractivity (Wildman–Crippen MR) is 79.3 cm³/mol. The van der Waals surface area contributed by atoms with Crippen LogP contribution in [-0.2, 0) is 13.1 Å². The first-order valence-electron chi connectivity index (χ1n) is 8.02. The summed E-state index contributed by atoms with van der Waals surface area (Å²) >= 11 is 0. The third-order valence-corrected chi connectivity index (χ3v) is 5.08. The molecule has 20 heavy (non-hydrogen) atoms. The highest BCUT2D eigenvalue weighted by atomic mass is 15.4. The summed E-state index contributed by atoms with van der Waals surface area (Å²) in [5.41, 5.74) is 0.294. The van der Waals surface area contributed by atoms with Crippen LogP contribution in [0.5, 0.6) is 0 Å². The molecule has 0 amide bonds. The van der Waals surface area contributed by atoms with E-state index in [0.29, 0.717) is 11.6 Å². The van der Waals surface area contributed by atoms with Gasteiger partial charge in [0.1, 0.15) is 12.2 Å². The molecular weight excluding hydrogens is 250 g/mol. The molecule has 2 unspecified atom stereocenters. The lowest BCUT2D eigenvalue weighted by atomic mass is 9.90. The second-order valence-corrected chi connectivity index (χ2v) is 6.53. The maximum absolute atomic E-state index is 4.45. The first kappa shape index (κ1) is 14.0. The largest absolute Gasteiger partial charge is 0.308 e. The lowest BCUT2D eigenvalue weighted by Crippen LogP contribution is -2.63. The molecule has 2 fully saturated rings. The molecule has 0 radical (unpaired) electrons. The van der Waals surface area contributed by atoms with Gasteiger partial charge in [-0.05, 0) is 39.0 Å². The van der Waals surface area contributed by atoms with Crippen molar-refractivity contribution in [2.24, 2.45) is 5.92 Å². The molecule has 0 aromatic carbocycles. The Balaban J connectivity index is 1.74. The Morgan fingerprint density at radius 1 is 1.40 bits per heavy atom. The van der Waals surface area contributed by atoms with E-state index in [-0.39, 0.29) is 0 Å². The van der Waals surface area contributed by atoms with Crippen LogP contribution in [0.3, 0.4) is 0 Å². The highest BCUT2D eigenvalue weighted by Crippen LogP contribution is 2.41.